The van der Waals surface area contributed by atoms with Crippen molar-refractivity contribution in [1.82, 2.24) is 9.97 Å². The Hall–Kier alpha value is -2.07. The van der Waals surface area contributed by atoms with Crippen LogP contribution in [0.2, 0.25) is 16.6 Å². The highest BCUT2D eigenvalue weighted by Gasteiger charge is 2.49. The van der Waals surface area contributed by atoms with Crippen molar-refractivity contribution >= 4 is 19.9 Å². The van der Waals surface area contributed by atoms with Crippen LogP contribution in [0.15, 0.2) is 29.3 Å². The molecule has 0 bridgehead atoms. The topological polar surface area (TPSA) is 107 Å². The molecule has 1 fully saturated rings. The third-order valence-corrected chi connectivity index (χ3v) is 13.5. The number of ketones is 1. The van der Waals surface area contributed by atoms with E-state index in [4.69, 9.17) is 13.6 Å². The Labute approximate surface area is 210 Å². The van der Waals surface area contributed by atoms with E-state index in [0.29, 0.717) is 34.6 Å². The van der Waals surface area contributed by atoms with Crippen molar-refractivity contribution in [3.05, 3.63) is 41.7 Å². The minimum Gasteiger partial charge on any atom is -0.460 e. The largest absolute Gasteiger partial charge is 0.460 e. The van der Waals surface area contributed by atoms with Gasteiger partial charge in [-0.15, -0.1) is 0 Å². The van der Waals surface area contributed by atoms with Gasteiger partial charge in [0.25, 0.3) is 0 Å². The van der Waals surface area contributed by atoms with E-state index >= 15 is 0 Å². The van der Waals surface area contributed by atoms with Gasteiger partial charge in [-0.1, -0.05) is 41.5 Å². The number of aromatic nitrogens is 2. The van der Waals surface area contributed by atoms with Crippen molar-refractivity contribution in [1.29, 1.82) is 0 Å². The normalized spacial score (nSPS) is 20.8. The third kappa shape index (κ3) is 5.85. The van der Waals surface area contributed by atoms with E-state index < -0.39 is 8.32 Å². The van der Waals surface area contributed by atoms with Crippen molar-refractivity contribution < 1.29 is 23.5 Å². The summed E-state index contributed by atoms with van der Waals surface area (Å²) in [6.07, 6.45) is 5.93. The molecule has 3 unspecified atom stereocenters. The summed E-state index contributed by atoms with van der Waals surface area (Å²) < 4.78 is 17.6. The number of methoxy groups -OCH3 is 1. The molecule has 0 spiro atoms. The lowest BCUT2D eigenvalue weighted by atomic mass is 10.1. The quantitative estimate of drug-likeness (QED) is 0.301. The maximum atomic E-state index is 13.1. The first-order chi connectivity index (χ1) is 16.6. The minimum absolute atomic E-state index is 0.0254. The number of furan rings is 1. The van der Waals surface area contributed by atoms with Crippen LogP contribution >= 0.6 is 0 Å². The van der Waals surface area contributed by atoms with Crippen molar-refractivity contribution in [3.8, 4) is 0 Å². The number of carbonyl (C=O) groups excluding carboxylic acids is 1. The molecule has 0 aromatic carbocycles. The predicted molar refractivity (Wildman–Crippen MR) is 138 cm³/mol. The Balaban J connectivity index is 1.79. The zero-order chi connectivity index (χ0) is 25.8. The van der Waals surface area contributed by atoms with Crippen LogP contribution < -0.4 is 5.32 Å². The third-order valence-electron chi connectivity index (χ3n) is 7.41. The van der Waals surface area contributed by atoms with Crippen LogP contribution in [0.3, 0.4) is 0 Å². The van der Waals surface area contributed by atoms with Gasteiger partial charge in [0.15, 0.2) is 5.76 Å². The Morgan fingerprint density at radius 1 is 1.20 bits per heavy atom. The number of nitrogens with one attached hydrogen (secondary N) is 1. The lowest BCUT2D eigenvalue weighted by Gasteiger charge is -2.45. The molecular formula is C26H41N3O5Si. The van der Waals surface area contributed by atoms with Gasteiger partial charge in [-0.3, -0.25) is 4.79 Å². The smallest absolute Gasteiger partial charge is 0.233 e. The summed E-state index contributed by atoms with van der Waals surface area (Å²) in [4.78, 5) is 21.6. The fourth-order valence-electron chi connectivity index (χ4n) is 5.88. The summed E-state index contributed by atoms with van der Waals surface area (Å²) in [6, 6.07) is 1.70. The van der Waals surface area contributed by atoms with E-state index in [1.165, 1.54) is 18.8 Å². The summed E-state index contributed by atoms with van der Waals surface area (Å²) in [6.45, 7) is 14.1. The van der Waals surface area contributed by atoms with E-state index in [1.54, 1.807) is 13.2 Å². The van der Waals surface area contributed by atoms with Crippen LogP contribution in [0.4, 0.5) is 5.82 Å². The predicted octanol–water partition coefficient (Wildman–Crippen LogP) is 5.19. The summed E-state index contributed by atoms with van der Waals surface area (Å²) in [7, 11) is -0.498. The highest BCUT2D eigenvalue weighted by atomic mass is 28.4. The molecule has 3 rings (SSSR count). The Bertz CT molecular complexity index is 956. The standard InChI is InChI=1S/C26H41N3O5Si/c1-16(2)35(17(3)4,18(5)6)34-23-10-21(9-20(23)12-30)29-26-22(11-27-15-28-26)25(31)24-8-19(13-32-7)14-33-24/h8,11,14-18,20-21,23,30H,9-10,12-13H2,1-7H3,(H,27,28,29). The Kier molecular flexibility index (Phi) is 9.26. The highest BCUT2D eigenvalue weighted by molar-refractivity contribution is 6.77. The summed E-state index contributed by atoms with van der Waals surface area (Å²) in [5.74, 6) is 0.443. The average Bonchev–Trinajstić information content (AvgIpc) is 3.43. The Morgan fingerprint density at radius 2 is 1.89 bits per heavy atom. The van der Waals surface area contributed by atoms with Crippen LogP contribution in [0, 0.1) is 5.92 Å². The number of aliphatic hydroxyl groups is 1. The molecule has 3 atom stereocenters. The fourth-order valence-corrected chi connectivity index (χ4v) is 11.5. The van der Waals surface area contributed by atoms with Crippen LogP contribution in [-0.4, -0.2) is 55.0 Å². The summed E-state index contributed by atoms with van der Waals surface area (Å²) in [5.41, 5.74) is 2.55. The fraction of sp³-hybridized carbons (Fsp3) is 0.654. The van der Waals surface area contributed by atoms with Crippen molar-refractivity contribution in [2.75, 3.05) is 19.0 Å². The molecule has 1 saturated carbocycles. The molecule has 1 aliphatic carbocycles. The molecule has 2 aromatic heterocycles. The molecular weight excluding hydrogens is 462 g/mol. The molecule has 194 valence electrons. The molecule has 35 heavy (non-hydrogen) atoms. The van der Waals surface area contributed by atoms with Crippen LogP contribution in [0.5, 0.6) is 0 Å². The van der Waals surface area contributed by atoms with Crippen molar-refractivity contribution in [2.24, 2.45) is 5.92 Å². The van der Waals surface area contributed by atoms with E-state index in [9.17, 15) is 9.90 Å². The number of rotatable bonds is 12. The number of carbonyl (C=O) groups is 1. The SMILES string of the molecule is COCc1coc(C(=O)c2cncnc2NC2CC(CO)C(O[Si](C(C)C)(C(C)C)C(C)C)C2)c1. The average molecular weight is 504 g/mol. The molecule has 8 nitrogen and oxygen atoms in total. The van der Waals surface area contributed by atoms with Gasteiger partial charge >= 0.3 is 0 Å². The number of anilines is 1. The molecule has 0 aliphatic heterocycles. The van der Waals surface area contributed by atoms with Gasteiger partial charge in [0.05, 0.1) is 24.5 Å². The monoisotopic (exact) mass is 503 g/mol. The van der Waals surface area contributed by atoms with E-state index in [1.807, 2.05) is 0 Å². The number of hydrogen-bond acceptors (Lipinski definition) is 8. The first-order valence-corrected chi connectivity index (χ1v) is 14.7. The molecule has 2 heterocycles. The number of hydrogen-bond donors (Lipinski definition) is 2. The Morgan fingerprint density at radius 3 is 2.49 bits per heavy atom. The molecule has 0 saturated heterocycles. The second-order valence-electron chi connectivity index (χ2n) is 10.6. The van der Waals surface area contributed by atoms with Crippen molar-refractivity contribution in [2.45, 2.75) is 89.8 Å². The van der Waals surface area contributed by atoms with E-state index in [0.717, 1.165) is 18.4 Å². The zero-order valence-corrected chi connectivity index (χ0v) is 23.1. The lowest BCUT2D eigenvalue weighted by molar-refractivity contribution is 0.0941. The van der Waals surface area contributed by atoms with Gasteiger partial charge in [0.2, 0.25) is 14.1 Å². The lowest BCUT2D eigenvalue weighted by Crippen LogP contribution is -2.51. The van der Waals surface area contributed by atoms with Gasteiger partial charge in [-0.25, -0.2) is 9.97 Å². The first kappa shape index (κ1) is 27.5. The van der Waals surface area contributed by atoms with Crippen molar-refractivity contribution in [3.63, 3.8) is 0 Å². The molecule has 9 heteroatoms. The van der Waals surface area contributed by atoms with Crippen LogP contribution in [0.25, 0.3) is 0 Å². The second kappa shape index (κ2) is 11.8. The molecule has 2 N–H and O–H groups in total. The summed E-state index contributed by atoms with van der Waals surface area (Å²) >= 11 is 0. The second-order valence-corrected chi connectivity index (χ2v) is 16.0. The number of aliphatic hydroxyl groups excluding tert-OH is 1. The van der Waals surface area contributed by atoms with Gasteiger partial charge in [0.1, 0.15) is 12.1 Å². The maximum Gasteiger partial charge on any atom is 0.233 e. The molecule has 0 amide bonds. The minimum atomic E-state index is -2.09. The van der Waals surface area contributed by atoms with Gasteiger partial charge in [0, 0.05) is 37.4 Å². The number of nitrogens with zero attached hydrogens (tertiary/aromatic N) is 2. The number of ether oxygens (including phenoxy) is 1. The molecule has 0 radical (unpaired) electrons. The van der Waals surface area contributed by atoms with Gasteiger partial charge < -0.3 is 24.0 Å². The first-order valence-electron chi connectivity index (χ1n) is 12.6. The van der Waals surface area contributed by atoms with Gasteiger partial charge in [-0.05, 0) is 35.5 Å². The molecule has 2 aromatic rings. The maximum absolute atomic E-state index is 13.1. The molecule has 1 aliphatic rings. The van der Waals surface area contributed by atoms with Crippen LogP contribution in [0.1, 0.15) is 76.1 Å². The van der Waals surface area contributed by atoms with E-state index in [2.05, 4.69) is 56.8 Å². The highest BCUT2D eigenvalue weighted by Crippen LogP contribution is 2.46. The zero-order valence-electron chi connectivity index (χ0n) is 22.1. The van der Waals surface area contributed by atoms with Crippen LogP contribution in [-0.2, 0) is 15.8 Å². The van der Waals surface area contributed by atoms with E-state index in [-0.39, 0.29) is 36.2 Å². The summed E-state index contributed by atoms with van der Waals surface area (Å²) in [5, 5.41) is 13.6. The van der Waals surface area contributed by atoms with Gasteiger partial charge in [-0.2, -0.15) is 0 Å².